The second kappa shape index (κ2) is 10.4. The highest BCUT2D eigenvalue weighted by molar-refractivity contribution is 7.98. The second-order valence-electron chi connectivity index (χ2n) is 3.57. The number of thioether (sulfide) groups is 1. The van der Waals surface area contributed by atoms with Crippen LogP contribution in [0.15, 0.2) is 0 Å². The van der Waals surface area contributed by atoms with Crippen molar-refractivity contribution in [1.82, 2.24) is 5.32 Å². The molecule has 0 heterocycles. The summed E-state index contributed by atoms with van der Waals surface area (Å²) in [5.41, 5.74) is 0. The quantitative estimate of drug-likeness (QED) is 0.617. The highest BCUT2D eigenvalue weighted by Gasteiger charge is 2.05. The van der Waals surface area contributed by atoms with Gasteiger partial charge in [0.25, 0.3) is 0 Å². The molecule has 1 nitrogen and oxygen atoms in total. The largest absolute Gasteiger partial charge is 0.314 e. The summed E-state index contributed by atoms with van der Waals surface area (Å²) in [5.74, 6) is 1.30. The van der Waals surface area contributed by atoms with Crippen LogP contribution in [0.4, 0.5) is 0 Å². The molecule has 0 aromatic heterocycles. The summed E-state index contributed by atoms with van der Waals surface area (Å²) in [5, 5.41) is 3.63. The maximum absolute atomic E-state index is 3.63. The summed E-state index contributed by atoms with van der Waals surface area (Å²) < 4.78 is 0. The number of unbranched alkanes of at least 4 members (excludes halogenated alkanes) is 1. The Labute approximate surface area is 88.1 Å². The van der Waals surface area contributed by atoms with Gasteiger partial charge < -0.3 is 5.32 Å². The van der Waals surface area contributed by atoms with Crippen molar-refractivity contribution in [3.05, 3.63) is 0 Å². The van der Waals surface area contributed by atoms with Crippen LogP contribution >= 0.6 is 11.8 Å². The molecule has 1 unspecified atom stereocenters. The molecule has 0 radical (unpaired) electrons. The molecule has 80 valence electrons. The molecule has 0 saturated heterocycles. The molecule has 0 aliphatic heterocycles. The van der Waals surface area contributed by atoms with Crippen LogP contribution in [0.25, 0.3) is 0 Å². The Morgan fingerprint density at radius 2 is 1.92 bits per heavy atom. The van der Waals surface area contributed by atoms with E-state index in [9.17, 15) is 0 Å². The maximum atomic E-state index is 3.63. The van der Waals surface area contributed by atoms with Crippen molar-refractivity contribution in [3.63, 3.8) is 0 Å². The van der Waals surface area contributed by atoms with Crippen molar-refractivity contribution in [2.24, 2.45) is 0 Å². The molecule has 0 aliphatic carbocycles. The van der Waals surface area contributed by atoms with Gasteiger partial charge in [0, 0.05) is 6.04 Å². The lowest BCUT2D eigenvalue weighted by molar-refractivity contribution is 0.456. The van der Waals surface area contributed by atoms with Gasteiger partial charge in [-0.15, -0.1) is 0 Å². The second-order valence-corrected chi connectivity index (χ2v) is 4.56. The van der Waals surface area contributed by atoms with Crippen molar-refractivity contribution in [1.29, 1.82) is 0 Å². The van der Waals surface area contributed by atoms with E-state index < -0.39 is 0 Å². The van der Waals surface area contributed by atoms with Crippen molar-refractivity contribution < 1.29 is 0 Å². The van der Waals surface area contributed by atoms with Crippen LogP contribution in [0.1, 0.15) is 46.0 Å². The van der Waals surface area contributed by atoms with E-state index in [1.807, 2.05) is 11.8 Å². The molecular formula is C11H25NS. The third kappa shape index (κ3) is 8.63. The van der Waals surface area contributed by atoms with Gasteiger partial charge in [0.2, 0.25) is 0 Å². The number of hydrogen-bond donors (Lipinski definition) is 1. The van der Waals surface area contributed by atoms with Crippen LogP contribution in [0.2, 0.25) is 0 Å². The summed E-state index contributed by atoms with van der Waals surface area (Å²) >= 11 is 1.96. The van der Waals surface area contributed by atoms with Crippen molar-refractivity contribution in [2.75, 3.05) is 18.6 Å². The van der Waals surface area contributed by atoms with Gasteiger partial charge in [0.1, 0.15) is 0 Å². The smallest absolute Gasteiger partial charge is 0.00749 e. The molecule has 0 bridgehead atoms. The molecule has 0 aromatic rings. The molecule has 0 saturated carbocycles. The van der Waals surface area contributed by atoms with Gasteiger partial charge in [-0.2, -0.15) is 11.8 Å². The highest BCUT2D eigenvalue weighted by Crippen LogP contribution is 2.07. The zero-order valence-corrected chi connectivity index (χ0v) is 10.3. The van der Waals surface area contributed by atoms with Crippen molar-refractivity contribution in [2.45, 2.75) is 52.0 Å². The fourth-order valence-electron chi connectivity index (χ4n) is 1.41. The Morgan fingerprint density at radius 1 is 1.15 bits per heavy atom. The first kappa shape index (κ1) is 13.3. The molecule has 2 heteroatoms. The minimum Gasteiger partial charge on any atom is -0.314 e. The molecular weight excluding hydrogens is 178 g/mol. The van der Waals surface area contributed by atoms with Gasteiger partial charge in [-0.3, -0.25) is 0 Å². The Kier molecular flexibility index (Phi) is 10.6. The standard InChI is InChI=1S/C11H25NS/c1-4-6-7-11(8-10-13-3)12-9-5-2/h11-12H,4-10H2,1-3H3. The van der Waals surface area contributed by atoms with Crippen LogP contribution in [-0.4, -0.2) is 24.6 Å². The van der Waals surface area contributed by atoms with E-state index in [0.717, 1.165) is 6.04 Å². The minimum atomic E-state index is 0.771. The molecule has 0 amide bonds. The molecule has 0 aliphatic rings. The third-order valence-electron chi connectivity index (χ3n) is 2.26. The van der Waals surface area contributed by atoms with Crippen molar-refractivity contribution in [3.8, 4) is 0 Å². The summed E-state index contributed by atoms with van der Waals surface area (Å²) in [6.45, 7) is 5.69. The maximum Gasteiger partial charge on any atom is 0.00749 e. The summed E-state index contributed by atoms with van der Waals surface area (Å²) in [6, 6.07) is 0.771. The lowest BCUT2D eigenvalue weighted by atomic mass is 10.1. The van der Waals surface area contributed by atoms with E-state index in [-0.39, 0.29) is 0 Å². The Hall–Kier alpha value is 0.310. The molecule has 13 heavy (non-hydrogen) atoms. The lowest BCUT2D eigenvalue weighted by Crippen LogP contribution is -2.30. The average molecular weight is 203 g/mol. The minimum absolute atomic E-state index is 0.771. The van der Waals surface area contributed by atoms with Crippen LogP contribution in [-0.2, 0) is 0 Å². The van der Waals surface area contributed by atoms with Gasteiger partial charge >= 0.3 is 0 Å². The topological polar surface area (TPSA) is 12.0 Å². The predicted octanol–water partition coefficient (Wildman–Crippen LogP) is 3.30. The average Bonchev–Trinajstić information content (AvgIpc) is 2.17. The summed E-state index contributed by atoms with van der Waals surface area (Å²) in [6.07, 6.45) is 8.83. The van der Waals surface area contributed by atoms with E-state index in [1.54, 1.807) is 0 Å². The van der Waals surface area contributed by atoms with Crippen LogP contribution < -0.4 is 5.32 Å². The monoisotopic (exact) mass is 203 g/mol. The molecule has 0 aromatic carbocycles. The highest BCUT2D eigenvalue weighted by atomic mass is 32.2. The molecule has 0 rings (SSSR count). The zero-order chi connectivity index (χ0) is 9.94. The third-order valence-corrected chi connectivity index (χ3v) is 2.90. The van der Waals surface area contributed by atoms with E-state index in [0.29, 0.717) is 0 Å². The normalized spacial score (nSPS) is 13.2. The Balaban J connectivity index is 3.47. The van der Waals surface area contributed by atoms with E-state index in [2.05, 4.69) is 25.4 Å². The van der Waals surface area contributed by atoms with Gasteiger partial charge in [0.05, 0.1) is 0 Å². The van der Waals surface area contributed by atoms with Crippen LogP contribution in [0.3, 0.4) is 0 Å². The predicted molar refractivity (Wildman–Crippen MR) is 64.6 cm³/mol. The lowest BCUT2D eigenvalue weighted by Gasteiger charge is -2.17. The van der Waals surface area contributed by atoms with Gasteiger partial charge in [-0.05, 0) is 37.8 Å². The SMILES string of the molecule is CCCCC(CCSC)NCCC. The molecule has 0 fully saturated rings. The first-order chi connectivity index (χ1) is 6.35. The number of rotatable bonds is 9. The fraction of sp³-hybridized carbons (Fsp3) is 1.00. The van der Waals surface area contributed by atoms with E-state index in [4.69, 9.17) is 0 Å². The van der Waals surface area contributed by atoms with Gasteiger partial charge in [0.15, 0.2) is 0 Å². The molecule has 1 N–H and O–H groups in total. The fourth-order valence-corrected chi connectivity index (χ4v) is 1.93. The summed E-state index contributed by atoms with van der Waals surface area (Å²) in [4.78, 5) is 0. The van der Waals surface area contributed by atoms with Crippen LogP contribution in [0, 0.1) is 0 Å². The Morgan fingerprint density at radius 3 is 2.46 bits per heavy atom. The summed E-state index contributed by atoms with van der Waals surface area (Å²) in [7, 11) is 0. The molecule has 0 spiro atoms. The number of nitrogens with one attached hydrogen (secondary N) is 1. The Bertz CT molecular complexity index is 77.1. The van der Waals surface area contributed by atoms with E-state index in [1.165, 1.54) is 44.4 Å². The zero-order valence-electron chi connectivity index (χ0n) is 9.44. The first-order valence-corrected chi connectivity index (χ1v) is 6.96. The van der Waals surface area contributed by atoms with Crippen LogP contribution in [0.5, 0.6) is 0 Å². The van der Waals surface area contributed by atoms with Crippen molar-refractivity contribution >= 4 is 11.8 Å². The molecule has 1 atom stereocenters. The number of hydrogen-bond acceptors (Lipinski definition) is 2. The van der Waals surface area contributed by atoms with Gasteiger partial charge in [-0.25, -0.2) is 0 Å². The first-order valence-electron chi connectivity index (χ1n) is 5.57. The van der Waals surface area contributed by atoms with Gasteiger partial charge in [-0.1, -0.05) is 26.7 Å². The van der Waals surface area contributed by atoms with E-state index >= 15 is 0 Å².